The van der Waals surface area contributed by atoms with Crippen molar-refractivity contribution in [1.29, 1.82) is 0 Å². The van der Waals surface area contributed by atoms with Gasteiger partial charge in [-0.1, -0.05) is 23.7 Å². The Hall–Kier alpha value is -2.11. The second-order valence-electron chi connectivity index (χ2n) is 5.68. The molecule has 2 heterocycles. The first-order valence-corrected chi connectivity index (χ1v) is 8.63. The lowest BCUT2D eigenvalue weighted by Crippen LogP contribution is -2.31. The summed E-state index contributed by atoms with van der Waals surface area (Å²) in [5, 5.41) is 1.63. The molecule has 0 fully saturated rings. The Morgan fingerprint density at radius 1 is 1.08 bits per heavy atom. The highest BCUT2D eigenvalue weighted by molar-refractivity contribution is 9.10. The first-order chi connectivity index (χ1) is 11.6. The lowest BCUT2D eigenvalue weighted by atomic mass is 10.1. The number of carbonyl (C=O) groups is 2. The zero-order valence-corrected chi connectivity index (χ0v) is 14.8. The Morgan fingerprint density at radius 2 is 1.75 bits per heavy atom. The third kappa shape index (κ3) is 2.36. The van der Waals surface area contributed by atoms with Crippen LogP contribution in [0.4, 0.5) is 0 Å². The largest absolute Gasteiger partial charge is 0.361 e. The van der Waals surface area contributed by atoms with Gasteiger partial charge >= 0.3 is 0 Å². The molecule has 1 N–H and O–H groups in total. The number of hydrogen-bond donors (Lipinski definition) is 1. The Labute approximate surface area is 151 Å². The van der Waals surface area contributed by atoms with Crippen molar-refractivity contribution in [3.8, 4) is 0 Å². The maximum absolute atomic E-state index is 12.4. The average Bonchev–Trinajstić information content (AvgIpc) is 3.07. The van der Waals surface area contributed by atoms with Gasteiger partial charge in [-0.15, -0.1) is 0 Å². The van der Waals surface area contributed by atoms with Crippen molar-refractivity contribution in [2.45, 2.75) is 6.42 Å². The second-order valence-corrected chi connectivity index (χ2v) is 6.94. The van der Waals surface area contributed by atoms with Crippen LogP contribution in [0, 0.1) is 0 Å². The summed E-state index contributed by atoms with van der Waals surface area (Å²) in [5.74, 6) is -0.451. The smallest absolute Gasteiger partial charge is 0.261 e. The number of nitrogens with zero attached hydrogens (tertiary/aromatic N) is 1. The number of imide groups is 1. The predicted molar refractivity (Wildman–Crippen MR) is 96.5 cm³/mol. The zero-order chi connectivity index (χ0) is 16.8. The van der Waals surface area contributed by atoms with Crippen molar-refractivity contribution in [3.05, 3.63) is 68.8 Å². The number of benzene rings is 2. The van der Waals surface area contributed by atoms with Gasteiger partial charge in [0, 0.05) is 28.1 Å². The van der Waals surface area contributed by atoms with E-state index in [0.717, 1.165) is 20.9 Å². The number of carbonyl (C=O) groups excluding carboxylic acids is 2. The lowest BCUT2D eigenvalue weighted by molar-refractivity contribution is 0.0656. The van der Waals surface area contributed by atoms with E-state index in [0.29, 0.717) is 29.1 Å². The number of aromatic amines is 1. The van der Waals surface area contributed by atoms with Crippen LogP contribution >= 0.6 is 27.5 Å². The molecule has 0 saturated carbocycles. The minimum atomic E-state index is -0.226. The number of amides is 2. The first kappa shape index (κ1) is 15.4. The number of H-pyrrole nitrogens is 1. The normalized spacial score (nSPS) is 13.8. The standard InChI is InChI=1S/C18H12BrClN2O2/c19-14-8-16-13(7-15(14)20)10(9-21-16)5-6-22-17(23)11-3-1-2-4-12(11)18(22)24/h1-4,7-9,21H,5-6H2. The molecule has 1 aliphatic rings. The van der Waals surface area contributed by atoms with Gasteiger partial charge in [-0.25, -0.2) is 0 Å². The van der Waals surface area contributed by atoms with Gasteiger partial charge in [-0.3, -0.25) is 14.5 Å². The average molecular weight is 404 g/mol. The second kappa shape index (κ2) is 5.76. The molecule has 0 saturated heterocycles. The van der Waals surface area contributed by atoms with E-state index < -0.39 is 0 Å². The van der Waals surface area contributed by atoms with Crippen molar-refractivity contribution in [3.63, 3.8) is 0 Å². The van der Waals surface area contributed by atoms with E-state index in [1.165, 1.54) is 4.90 Å². The Bertz CT molecular complexity index is 961. The highest BCUT2D eigenvalue weighted by atomic mass is 79.9. The third-order valence-electron chi connectivity index (χ3n) is 4.29. The number of nitrogens with one attached hydrogen (secondary N) is 1. The molecule has 1 aliphatic heterocycles. The lowest BCUT2D eigenvalue weighted by Gasteiger charge is -2.13. The van der Waals surface area contributed by atoms with Gasteiger partial charge in [0.2, 0.25) is 0 Å². The van der Waals surface area contributed by atoms with Crippen molar-refractivity contribution >= 4 is 50.2 Å². The minimum absolute atomic E-state index is 0.226. The van der Waals surface area contributed by atoms with E-state index in [1.54, 1.807) is 24.3 Å². The molecule has 0 atom stereocenters. The van der Waals surface area contributed by atoms with Crippen LogP contribution < -0.4 is 0 Å². The third-order valence-corrected chi connectivity index (χ3v) is 5.49. The van der Waals surface area contributed by atoms with Crippen molar-refractivity contribution in [2.24, 2.45) is 0 Å². The summed E-state index contributed by atoms with van der Waals surface area (Å²) in [6.45, 7) is 0.340. The van der Waals surface area contributed by atoms with E-state index >= 15 is 0 Å². The molecule has 0 spiro atoms. The number of hydrogen-bond acceptors (Lipinski definition) is 2. The Balaban J connectivity index is 1.59. The van der Waals surface area contributed by atoms with Gasteiger partial charge in [0.05, 0.1) is 16.1 Å². The first-order valence-electron chi connectivity index (χ1n) is 7.46. The molecule has 4 nitrogen and oxygen atoms in total. The SMILES string of the molecule is O=C1c2ccccc2C(=O)N1CCc1c[nH]c2cc(Br)c(Cl)cc12. The minimum Gasteiger partial charge on any atom is -0.361 e. The monoisotopic (exact) mass is 402 g/mol. The fourth-order valence-electron chi connectivity index (χ4n) is 3.06. The van der Waals surface area contributed by atoms with Gasteiger partial charge in [0.15, 0.2) is 0 Å². The number of halogens is 2. The molecule has 120 valence electrons. The molecule has 24 heavy (non-hydrogen) atoms. The van der Waals surface area contributed by atoms with E-state index in [4.69, 9.17) is 11.6 Å². The van der Waals surface area contributed by atoms with E-state index in [2.05, 4.69) is 20.9 Å². The Morgan fingerprint density at radius 3 is 2.42 bits per heavy atom. The summed E-state index contributed by atoms with van der Waals surface area (Å²) < 4.78 is 0.824. The molecular formula is C18H12BrClN2O2. The quantitative estimate of drug-likeness (QED) is 0.658. The highest BCUT2D eigenvalue weighted by Gasteiger charge is 2.34. The zero-order valence-electron chi connectivity index (χ0n) is 12.5. The van der Waals surface area contributed by atoms with Crippen LogP contribution in [0.25, 0.3) is 10.9 Å². The number of rotatable bonds is 3. The van der Waals surface area contributed by atoms with Crippen LogP contribution in [0.3, 0.4) is 0 Å². The molecule has 0 bridgehead atoms. The number of fused-ring (bicyclic) bond motifs is 2. The van der Waals surface area contributed by atoms with Crippen LogP contribution in [-0.2, 0) is 6.42 Å². The van der Waals surface area contributed by atoms with E-state index in [1.807, 2.05) is 18.3 Å². The molecule has 0 aliphatic carbocycles. The van der Waals surface area contributed by atoms with Crippen LogP contribution in [0.2, 0.25) is 5.02 Å². The molecule has 3 aromatic rings. The highest BCUT2D eigenvalue weighted by Crippen LogP contribution is 2.30. The maximum Gasteiger partial charge on any atom is 0.261 e. The van der Waals surface area contributed by atoms with Crippen LogP contribution in [0.5, 0.6) is 0 Å². The number of aromatic nitrogens is 1. The van der Waals surface area contributed by atoms with Gasteiger partial charge in [0.25, 0.3) is 11.8 Å². The summed E-state index contributed by atoms with van der Waals surface area (Å²) >= 11 is 9.57. The van der Waals surface area contributed by atoms with Gasteiger partial charge in [0.1, 0.15) is 0 Å². The van der Waals surface area contributed by atoms with Gasteiger partial charge < -0.3 is 4.98 Å². The van der Waals surface area contributed by atoms with Gasteiger partial charge in [-0.2, -0.15) is 0 Å². The van der Waals surface area contributed by atoms with Crippen LogP contribution in [0.1, 0.15) is 26.3 Å². The summed E-state index contributed by atoms with van der Waals surface area (Å²) in [4.78, 5) is 29.3. The summed E-state index contributed by atoms with van der Waals surface area (Å²) in [5.41, 5.74) is 2.95. The van der Waals surface area contributed by atoms with Crippen molar-refractivity contribution in [1.82, 2.24) is 9.88 Å². The van der Waals surface area contributed by atoms with Gasteiger partial charge in [-0.05, 0) is 52.2 Å². The Kier molecular flexibility index (Phi) is 3.70. The molecule has 0 radical (unpaired) electrons. The molecule has 0 unspecified atom stereocenters. The molecule has 1 aromatic heterocycles. The van der Waals surface area contributed by atoms with Crippen LogP contribution in [0.15, 0.2) is 47.1 Å². The summed E-state index contributed by atoms with van der Waals surface area (Å²) in [7, 11) is 0. The van der Waals surface area contributed by atoms with E-state index in [-0.39, 0.29) is 11.8 Å². The molecule has 2 amide bonds. The fraction of sp³-hybridized carbons (Fsp3) is 0.111. The molecular weight excluding hydrogens is 392 g/mol. The predicted octanol–water partition coefficient (Wildman–Crippen LogP) is 4.42. The van der Waals surface area contributed by atoms with Crippen LogP contribution in [-0.4, -0.2) is 28.2 Å². The molecule has 6 heteroatoms. The van der Waals surface area contributed by atoms with Crippen molar-refractivity contribution in [2.75, 3.05) is 6.54 Å². The molecule has 4 rings (SSSR count). The fourth-order valence-corrected chi connectivity index (χ4v) is 3.56. The maximum atomic E-state index is 12.4. The van der Waals surface area contributed by atoms with Crippen molar-refractivity contribution < 1.29 is 9.59 Å². The molecule has 2 aromatic carbocycles. The summed E-state index contributed by atoms with van der Waals surface area (Å²) in [6.07, 6.45) is 2.47. The van der Waals surface area contributed by atoms with E-state index in [9.17, 15) is 9.59 Å². The summed E-state index contributed by atoms with van der Waals surface area (Å²) in [6, 6.07) is 10.7. The topological polar surface area (TPSA) is 53.2 Å².